The molecule has 0 radical (unpaired) electrons. The molecule has 5 rings (SSSR count). The van der Waals surface area contributed by atoms with Crippen LogP contribution in [0.15, 0.2) is 66.4 Å². The molecule has 0 bridgehead atoms. The monoisotopic (exact) mass is 445 g/mol. The maximum atomic E-state index is 13.8. The summed E-state index contributed by atoms with van der Waals surface area (Å²) in [7, 11) is 0. The van der Waals surface area contributed by atoms with Crippen molar-refractivity contribution in [1.82, 2.24) is 9.38 Å². The fourth-order valence-electron chi connectivity index (χ4n) is 4.12. The molecule has 0 aliphatic carbocycles. The summed E-state index contributed by atoms with van der Waals surface area (Å²) in [6.45, 7) is 1.88. The van der Waals surface area contributed by atoms with E-state index in [9.17, 15) is 14.8 Å². The molecule has 5 nitrogen and oxygen atoms in total. The van der Waals surface area contributed by atoms with Gasteiger partial charge in [0, 0.05) is 29.0 Å². The minimum Gasteiger partial charge on any atom is -0.488 e. The van der Waals surface area contributed by atoms with Crippen molar-refractivity contribution in [2.75, 3.05) is 0 Å². The van der Waals surface area contributed by atoms with Crippen LogP contribution in [0, 0.1) is 17.1 Å². The molecule has 1 atom stereocenters. The maximum Gasteiger partial charge on any atom is 0.154 e. The van der Waals surface area contributed by atoms with E-state index in [0.717, 1.165) is 11.1 Å². The second-order valence-corrected chi connectivity index (χ2v) is 7.93. The third-order valence-electron chi connectivity index (χ3n) is 5.63. The largest absolute Gasteiger partial charge is 0.488 e. The van der Waals surface area contributed by atoms with Crippen LogP contribution in [0.4, 0.5) is 4.39 Å². The molecule has 1 aliphatic rings. The zero-order chi connectivity index (χ0) is 22.4. The number of nitrogens with zero attached hydrogens (tertiary/aromatic N) is 3. The zero-order valence-electron chi connectivity index (χ0n) is 17.0. The Hall–Kier alpha value is -3.66. The lowest BCUT2D eigenvalue weighted by molar-refractivity contribution is 0.214. The third-order valence-corrected chi connectivity index (χ3v) is 5.91. The van der Waals surface area contributed by atoms with Gasteiger partial charge in [-0.05, 0) is 53.9 Å². The number of fused-ring (bicyclic) bond motifs is 3. The van der Waals surface area contributed by atoms with Crippen LogP contribution in [0.5, 0.6) is 5.75 Å². The average molecular weight is 446 g/mol. The number of nitriles is 1. The maximum absolute atomic E-state index is 13.8. The van der Waals surface area contributed by atoms with E-state index in [4.69, 9.17) is 16.3 Å². The van der Waals surface area contributed by atoms with E-state index in [1.54, 1.807) is 29.7 Å². The standard InChI is InChI=1S/C25H17ClFN3O2/c1-14(12-28)22-18-7-5-15(10-16(18)13-32-20-11-17(27)6-8-19(20)22)24(31)23-25(26)29-21-4-2-3-9-30(21)23/h2-11,24,31H,13H2,1H3/b22-14+. The third kappa shape index (κ3) is 3.23. The van der Waals surface area contributed by atoms with Gasteiger partial charge < -0.3 is 9.84 Å². The van der Waals surface area contributed by atoms with Crippen LogP contribution in [0.1, 0.15) is 41.0 Å². The van der Waals surface area contributed by atoms with Gasteiger partial charge in [0.25, 0.3) is 0 Å². The second-order valence-electron chi connectivity index (χ2n) is 7.58. The average Bonchev–Trinajstić information content (AvgIpc) is 3.05. The molecular weight excluding hydrogens is 429 g/mol. The molecule has 158 valence electrons. The van der Waals surface area contributed by atoms with Crippen LogP contribution in [0.25, 0.3) is 11.2 Å². The fraction of sp³-hybridized carbons (Fsp3) is 0.120. The molecule has 7 heteroatoms. The van der Waals surface area contributed by atoms with Gasteiger partial charge in [0.2, 0.25) is 0 Å². The van der Waals surface area contributed by atoms with Gasteiger partial charge in [0.1, 0.15) is 29.9 Å². The Morgan fingerprint density at radius 2 is 2.03 bits per heavy atom. The molecule has 1 unspecified atom stereocenters. The number of aromatic nitrogens is 2. The summed E-state index contributed by atoms with van der Waals surface area (Å²) in [5, 5.41) is 21.0. The van der Waals surface area contributed by atoms with Crippen molar-refractivity contribution in [3.05, 3.63) is 105 Å². The lowest BCUT2D eigenvalue weighted by atomic mass is 9.89. The van der Waals surface area contributed by atoms with Crippen molar-refractivity contribution in [3.63, 3.8) is 0 Å². The number of imidazole rings is 1. The normalized spacial score (nSPS) is 15.2. The fourth-order valence-corrected chi connectivity index (χ4v) is 4.40. The quantitative estimate of drug-likeness (QED) is 0.417. The number of allylic oxidation sites excluding steroid dienone is 1. The van der Waals surface area contributed by atoms with Gasteiger partial charge in [0.05, 0.1) is 11.8 Å². The molecule has 2 aromatic heterocycles. The topological polar surface area (TPSA) is 70.5 Å². The van der Waals surface area contributed by atoms with E-state index in [2.05, 4.69) is 11.1 Å². The Labute approximate surface area is 188 Å². The van der Waals surface area contributed by atoms with Crippen LogP contribution in [-0.2, 0) is 6.61 Å². The first-order valence-electron chi connectivity index (χ1n) is 9.95. The molecule has 1 N–H and O–H groups in total. The van der Waals surface area contributed by atoms with Crippen molar-refractivity contribution >= 4 is 22.8 Å². The van der Waals surface area contributed by atoms with Crippen LogP contribution in [-0.4, -0.2) is 14.5 Å². The van der Waals surface area contributed by atoms with E-state index in [-0.39, 0.29) is 11.8 Å². The van der Waals surface area contributed by atoms with Gasteiger partial charge in [-0.1, -0.05) is 29.8 Å². The SMILES string of the molecule is C/C(C#N)=C1/c2ccc(C(O)c3c(Cl)nc4ccccn34)cc2COc2cc(F)ccc21. The van der Waals surface area contributed by atoms with Crippen LogP contribution in [0.3, 0.4) is 0 Å². The molecule has 4 aromatic rings. The molecule has 3 heterocycles. The molecule has 2 aromatic carbocycles. The summed E-state index contributed by atoms with van der Waals surface area (Å²) in [6, 6.07) is 17.5. The number of hydrogen-bond donors (Lipinski definition) is 1. The van der Waals surface area contributed by atoms with E-state index >= 15 is 0 Å². The molecular formula is C25H17ClFN3O2. The minimum absolute atomic E-state index is 0.162. The van der Waals surface area contributed by atoms with E-state index in [1.165, 1.54) is 12.1 Å². The first kappa shape index (κ1) is 20.3. The number of pyridine rings is 1. The van der Waals surface area contributed by atoms with E-state index in [0.29, 0.717) is 39.4 Å². The highest BCUT2D eigenvalue weighted by Crippen LogP contribution is 2.40. The molecule has 0 fully saturated rings. The second kappa shape index (κ2) is 7.79. The molecule has 0 saturated carbocycles. The predicted molar refractivity (Wildman–Crippen MR) is 119 cm³/mol. The highest BCUT2D eigenvalue weighted by molar-refractivity contribution is 6.30. The summed E-state index contributed by atoms with van der Waals surface area (Å²) in [6.07, 6.45) is 0.763. The van der Waals surface area contributed by atoms with E-state index in [1.807, 2.05) is 30.3 Å². The summed E-state index contributed by atoms with van der Waals surface area (Å²) in [5.41, 5.74) is 5.10. The molecule has 0 saturated heterocycles. The van der Waals surface area contributed by atoms with Gasteiger partial charge in [-0.15, -0.1) is 0 Å². The molecule has 32 heavy (non-hydrogen) atoms. The smallest absolute Gasteiger partial charge is 0.154 e. The lowest BCUT2D eigenvalue weighted by Crippen LogP contribution is -2.06. The van der Waals surface area contributed by atoms with Gasteiger partial charge in [0.15, 0.2) is 5.15 Å². The van der Waals surface area contributed by atoms with Gasteiger partial charge in [-0.25, -0.2) is 9.37 Å². The van der Waals surface area contributed by atoms with Crippen LogP contribution in [0.2, 0.25) is 5.15 Å². The number of benzene rings is 2. The summed E-state index contributed by atoms with van der Waals surface area (Å²) in [4.78, 5) is 4.31. The minimum atomic E-state index is -1.03. The number of rotatable bonds is 2. The van der Waals surface area contributed by atoms with Crippen LogP contribution < -0.4 is 4.74 Å². The highest BCUT2D eigenvalue weighted by atomic mass is 35.5. The predicted octanol–water partition coefficient (Wildman–Crippen LogP) is 5.45. The summed E-state index contributed by atoms with van der Waals surface area (Å²) >= 11 is 6.35. The van der Waals surface area contributed by atoms with Crippen molar-refractivity contribution in [1.29, 1.82) is 5.26 Å². The first-order valence-corrected chi connectivity index (χ1v) is 10.3. The van der Waals surface area contributed by atoms with Crippen molar-refractivity contribution < 1.29 is 14.2 Å². The first-order chi connectivity index (χ1) is 15.5. The molecule has 1 aliphatic heterocycles. The Balaban J connectivity index is 1.65. The lowest BCUT2D eigenvalue weighted by Gasteiger charge is -2.16. The van der Waals surface area contributed by atoms with E-state index < -0.39 is 11.9 Å². The number of aliphatic hydroxyl groups excluding tert-OH is 1. The number of halogens is 2. The Kier molecular flexibility index (Phi) is 4.93. The summed E-state index contributed by atoms with van der Waals surface area (Å²) < 4.78 is 21.5. The zero-order valence-corrected chi connectivity index (χ0v) is 17.8. The Morgan fingerprint density at radius 3 is 2.84 bits per heavy atom. The van der Waals surface area contributed by atoms with Crippen molar-refractivity contribution in [2.45, 2.75) is 19.6 Å². The van der Waals surface area contributed by atoms with Crippen LogP contribution >= 0.6 is 11.6 Å². The van der Waals surface area contributed by atoms with Gasteiger partial charge >= 0.3 is 0 Å². The summed E-state index contributed by atoms with van der Waals surface area (Å²) in [5.74, 6) is -0.0419. The van der Waals surface area contributed by atoms with Crippen molar-refractivity contribution in [2.24, 2.45) is 0 Å². The van der Waals surface area contributed by atoms with Gasteiger partial charge in [-0.2, -0.15) is 5.26 Å². The number of hydrogen-bond acceptors (Lipinski definition) is 4. The molecule has 0 spiro atoms. The highest BCUT2D eigenvalue weighted by Gasteiger charge is 2.25. The van der Waals surface area contributed by atoms with Crippen molar-refractivity contribution in [3.8, 4) is 11.8 Å². The number of ether oxygens (including phenoxy) is 1. The molecule has 0 amide bonds. The Morgan fingerprint density at radius 1 is 1.22 bits per heavy atom. The number of aliphatic hydroxyl groups is 1. The Bertz CT molecular complexity index is 1450. The van der Waals surface area contributed by atoms with Gasteiger partial charge in [-0.3, -0.25) is 4.40 Å².